The highest BCUT2D eigenvalue weighted by Crippen LogP contribution is 2.51. The lowest BCUT2D eigenvalue weighted by Gasteiger charge is -2.54. The summed E-state index contributed by atoms with van der Waals surface area (Å²) < 4.78 is 2.09. The number of hydrogen-bond donors (Lipinski definition) is 1. The molecule has 2 aliphatic carbocycles. The molecular formula is C24H41N3O3S. The van der Waals surface area contributed by atoms with Crippen LogP contribution in [0.1, 0.15) is 77.0 Å². The Morgan fingerprint density at radius 1 is 1.06 bits per heavy atom. The molecule has 0 radical (unpaired) electrons. The second kappa shape index (κ2) is 10.0. The van der Waals surface area contributed by atoms with Gasteiger partial charge in [0.2, 0.25) is 11.8 Å². The van der Waals surface area contributed by atoms with Gasteiger partial charge in [0.05, 0.1) is 18.7 Å². The largest absolute Gasteiger partial charge is 0.387 e. The molecule has 7 heteroatoms. The molecule has 2 heterocycles. The number of piperidine rings is 1. The van der Waals surface area contributed by atoms with Crippen molar-refractivity contribution in [2.45, 2.75) is 82.7 Å². The average Bonchev–Trinajstić information content (AvgIpc) is 3.26. The van der Waals surface area contributed by atoms with Crippen LogP contribution in [0.4, 0.5) is 0 Å². The molecule has 0 aromatic rings. The van der Waals surface area contributed by atoms with Crippen molar-refractivity contribution in [3.8, 4) is 0 Å². The van der Waals surface area contributed by atoms with E-state index >= 15 is 0 Å². The fourth-order valence-electron chi connectivity index (χ4n) is 6.60. The first-order valence-electron chi connectivity index (χ1n) is 12.5. The third-order valence-corrected chi connectivity index (χ3v) is 9.50. The molecule has 0 bridgehead atoms. The van der Waals surface area contributed by atoms with E-state index < -0.39 is 5.60 Å². The van der Waals surface area contributed by atoms with Crippen LogP contribution in [0.25, 0.3) is 0 Å². The van der Waals surface area contributed by atoms with Crippen LogP contribution in [-0.2, 0) is 9.59 Å². The van der Waals surface area contributed by atoms with E-state index in [1.165, 1.54) is 32.1 Å². The van der Waals surface area contributed by atoms with Gasteiger partial charge in [-0.15, -0.1) is 0 Å². The molecule has 4 aliphatic rings. The molecule has 4 rings (SSSR count). The fourth-order valence-corrected chi connectivity index (χ4v) is 7.10. The van der Waals surface area contributed by atoms with Crippen LogP contribution in [-0.4, -0.2) is 82.2 Å². The zero-order chi connectivity index (χ0) is 21.9. The van der Waals surface area contributed by atoms with E-state index in [4.69, 9.17) is 0 Å². The molecule has 6 nitrogen and oxygen atoms in total. The van der Waals surface area contributed by atoms with Crippen LogP contribution < -0.4 is 0 Å². The molecule has 2 amide bonds. The first-order chi connectivity index (χ1) is 14.9. The first kappa shape index (κ1) is 23.4. The highest BCUT2D eigenvalue weighted by atomic mass is 32.2. The minimum Gasteiger partial charge on any atom is -0.387 e. The second-order valence-electron chi connectivity index (χ2n) is 10.5. The maximum absolute atomic E-state index is 13.1. The van der Waals surface area contributed by atoms with Crippen molar-refractivity contribution in [1.29, 1.82) is 0 Å². The van der Waals surface area contributed by atoms with Gasteiger partial charge < -0.3 is 14.9 Å². The van der Waals surface area contributed by atoms with Crippen molar-refractivity contribution in [1.82, 2.24) is 14.1 Å². The highest BCUT2D eigenvalue weighted by Gasteiger charge is 2.56. The number of β-amino-alcohol motifs (C(OH)–C–C–N with tert-alkyl or cyclic N) is 1. The van der Waals surface area contributed by atoms with E-state index in [9.17, 15) is 14.7 Å². The van der Waals surface area contributed by atoms with Crippen LogP contribution in [0.5, 0.6) is 0 Å². The molecule has 176 valence electrons. The normalized spacial score (nSPS) is 30.3. The Bertz CT molecular complexity index is 648. The molecule has 0 aromatic carbocycles. The predicted molar refractivity (Wildman–Crippen MR) is 125 cm³/mol. The number of likely N-dealkylation sites (tertiary alicyclic amines) is 1. The van der Waals surface area contributed by atoms with E-state index in [0.29, 0.717) is 45.6 Å². The van der Waals surface area contributed by atoms with Crippen LogP contribution in [0.3, 0.4) is 0 Å². The van der Waals surface area contributed by atoms with Crippen LogP contribution in [0.2, 0.25) is 0 Å². The number of rotatable bonds is 6. The van der Waals surface area contributed by atoms with E-state index in [2.05, 4.69) is 9.21 Å². The van der Waals surface area contributed by atoms with Crippen molar-refractivity contribution in [3.05, 3.63) is 0 Å². The molecule has 0 aromatic heterocycles. The average molecular weight is 452 g/mol. The molecule has 4 fully saturated rings. The number of amides is 2. The summed E-state index contributed by atoms with van der Waals surface area (Å²) in [6.45, 7) is 3.69. The Hall–Kier alpha value is -0.790. The molecule has 2 aliphatic heterocycles. The van der Waals surface area contributed by atoms with Crippen LogP contribution in [0, 0.1) is 11.3 Å². The number of carbonyl (C=O) groups excluding carboxylic acids is 2. The number of piperazine rings is 1. The van der Waals surface area contributed by atoms with Gasteiger partial charge in [0, 0.05) is 38.0 Å². The van der Waals surface area contributed by atoms with Crippen molar-refractivity contribution in [2.75, 3.05) is 45.5 Å². The predicted octanol–water partition coefficient (Wildman–Crippen LogP) is 3.29. The smallest absolute Gasteiger partial charge is 0.237 e. The summed E-state index contributed by atoms with van der Waals surface area (Å²) >= 11 is 1.61. The summed E-state index contributed by atoms with van der Waals surface area (Å²) in [6.07, 6.45) is 15.0. The minimum atomic E-state index is -0.874. The van der Waals surface area contributed by atoms with E-state index in [-0.39, 0.29) is 17.2 Å². The first-order valence-corrected chi connectivity index (χ1v) is 13.7. The molecule has 1 spiro atoms. The molecule has 1 atom stereocenters. The molecule has 2 saturated heterocycles. The maximum atomic E-state index is 13.1. The summed E-state index contributed by atoms with van der Waals surface area (Å²) in [5, 5.41) is 11.9. The molecule has 31 heavy (non-hydrogen) atoms. The van der Waals surface area contributed by atoms with Crippen LogP contribution >= 0.6 is 11.9 Å². The van der Waals surface area contributed by atoms with Crippen molar-refractivity contribution >= 4 is 23.8 Å². The van der Waals surface area contributed by atoms with Gasteiger partial charge in [-0.2, -0.15) is 0 Å². The van der Waals surface area contributed by atoms with E-state index in [1.807, 2.05) is 11.2 Å². The summed E-state index contributed by atoms with van der Waals surface area (Å²) in [4.78, 5) is 29.7. The van der Waals surface area contributed by atoms with Crippen molar-refractivity contribution in [2.24, 2.45) is 11.3 Å². The Labute approximate surface area is 192 Å². The Morgan fingerprint density at radius 2 is 1.81 bits per heavy atom. The molecule has 2 saturated carbocycles. The SMILES string of the molecule is CSN1CCN(CC2(O)CCN(C(=O)CCC3CCCCC3)CC23CCCC3)C(=O)C1. The van der Waals surface area contributed by atoms with E-state index in [0.717, 1.165) is 44.6 Å². The van der Waals surface area contributed by atoms with Gasteiger partial charge in [0.25, 0.3) is 0 Å². The molecule has 1 unspecified atom stereocenters. The van der Waals surface area contributed by atoms with Gasteiger partial charge in [-0.3, -0.25) is 9.59 Å². The quantitative estimate of drug-likeness (QED) is 0.628. The van der Waals surface area contributed by atoms with E-state index in [1.54, 1.807) is 11.9 Å². The number of aliphatic hydroxyl groups is 1. The highest BCUT2D eigenvalue weighted by molar-refractivity contribution is 7.96. The zero-order valence-corrected chi connectivity index (χ0v) is 20.1. The van der Waals surface area contributed by atoms with Crippen molar-refractivity contribution in [3.63, 3.8) is 0 Å². The lowest BCUT2D eigenvalue weighted by molar-refractivity contribution is -0.168. The number of hydrogen-bond acceptors (Lipinski definition) is 5. The van der Waals surface area contributed by atoms with Gasteiger partial charge in [-0.1, -0.05) is 56.9 Å². The second-order valence-corrected chi connectivity index (χ2v) is 11.4. The summed E-state index contributed by atoms with van der Waals surface area (Å²) in [7, 11) is 0. The monoisotopic (exact) mass is 451 g/mol. The summed E-state index contributed by atoms with van der Waals surface area (Å²) in [5.74, 6) is 1.13. The zero-order valence-electron chi connectivity index (χ0n) is 19.3. The fraction of sp³-hybridized carbons (Fsp3) is 0.917. The van der Waals surface area contributed by atoms with Crippen molar-refractivity contribution < 1.29 is 14.7 Å². The lowest BCUT2D eigenvalue weighted by atomic mass is 9.65. The number of carbonyl (C=O) groups is 2. The van der Waals surface area contributed by atoms with Gasteiger partial charge in [-0.05, 0) is 37.9 Å². The van der Waals surface area contributed by atoms with Crippen LogP contribution in [0.15, 0.2) is 0 Å². The number of nitrogens with zero attached hydrogens (tertiary/aromatic N) is 3. The summed E-state index contributed by atoms with van der Waals surface area (Å²) in [5.41, 5.74) is -1.12. The maximum Gasteiger partial charge on any atom is 0.237 e. The lowest BCUT2D eigenvalue weighted by Crippen LogP contribution is -2.65. The standard InChI is InChI=1S/C24H41N3O3S/c1-31-27-16-15-26(22(29)17-27)19-24(30)13-14-25(18-23(24)11-5-6-12-23)21(28)10-9-20-7-3-2-4-8-20/h20,30H,2-19H2,1H3. The minimum absolute atomic E-state index is 0.119. The topological polar surface area (TPSA) is 64.1 Å². The van der Waals surface area contributed by atoms with Gasteiger partial charge in [-0.25, -0.2) is 4.31 Å². The van der Waals surface area contributed by atoms with Gasteiger partial charge in [0.1, 0.15) is 0 Å². The molecule has 1 N–H and O–H groups in total. The Kier molecular flexibility index (Phi) is 7.54. The Morgan fingerprint density at radius 3 is 2.48 bits per heavy atom. The Balaban J connectivity index is 1.38. The van der Waals surface area contributed by atoms with Gasteiger partial charge >= 0.3 is 0 Å². The molecular weight excluding hydrogens is 410 g/mol. The summed E-state index contributed by atoms with van der Waals surface area (Å²) in [6, 6.07) is 0. The van der Waals surface area contributed by atoms with Gasteiger partial charge in [0.15, 0.2) is 0 Å². The third-order valence-electron chi connectivity index (χ3n) is 8.67. The third kappa shape index (κ3) is 5.09.